The number of pyridine rings is 1. The van der Waals surface area contributed by atoms with E-state index in [1.165, 1.54) is 6.33 Å². The fraction of sp³-hybridized carbons (Fsp3) is 0.318. The Bertz CT molecular complexity index is 1170. The molecule has 0 aliphatic rings. The molecule has 0 aliphatic carbocycles. The molecule has 0 aliphatic heterocycles. The highest BCUT2D eigenvalue weighted by atomic mass is 35.5. The van der Waals surface area contributed by atoms with E-state index in [4.69, 9.17) is 9.47 Å². The number of nitrogens with zero attached hydrogens (tertiary/aromatic N) is 6. The second-order valence-corrected chi connectivity index (χ2v) is 7.31. The van der Waals surface area contributed by atoms with Gasteiger partial charge >= 0.3 is 0 Å². The normalized spacial score (nSPS) is 10.8. The summed E-state index contributed by atoms with van der Waals surface area (Å²) in [4.78, 5) is 14.7. The number of fused-ring (bicyclic) bond motifs is 1. The molecule has 2 N–H and O–H groups in total. The average molecular weight is 471 g/mol. The van der Waals surface area contributed by atoms with E-state index in [2.05, 4.69) is 42.7 Å². The molecule has 4 rings (SSSR count). The quantitative estimate of drug-likeness (QED) is 0.330. The predicted molar refractivity (Wildman–Crippen MR) is 129 cm³/mol. The number of rotatable bonds is 10. The van der Waals surface area contributed by atoms with Crippen molar-refractivity contribution in [2.24, 2.45) is 0 Å². The first-order chi connectivity index (χ1) is 15.6. The van der Waals surface area contributed by atoms with Crippen molar-refractivity contribution in [2.75, 3.05) is 25.0 Å². The monoisotopic (exact) mass is 470 g/mol. The molecule has 0 unspecified atom stereocenters. The lowest BCUT2D eigenvalue weighted by atomic mass is 10.2. The first kappa shape index (κ1) is 24.1. The standard InChI is InChI=1S/C22H26N8O2.ClH/c1-4-23-9-10-31-17-6-8-21(24-12-17)32-16-5-7-19-18(11-16)22(26-14-25-19)28-20-13-27-30(29-20)15(2)3;/h5-8,11-15,23H,4,9-10H2,1-3H3,(H,25,26,28,29);1H. The van der Waals surface area contributed by atoms with Crippen molar-refractivity contribution in [3.8, 4) is 17.4 Å². The van der Waals surface area contributed by atoms with Crippen LogP contribution in [0.4, 0.5) is 11.6 Å². The molecule has 3 aromatic heterocycles. The van der Waals surface area contributed by atoms with Crippen LogP contribution in [-0.2, 0) is 0 Å². The molecule has 11 heteroatoms. The van der Waals surface area contributed by atoms with Gasteiger partial charge in [-0.25, -0.2) is 15.0 Å². The molecule has 0 spiro atoms. The number of hydrogen-bond donors (Lipinski definition) is 2. The summed E-state index contributed by atoms with van der Waals surface area (Å²) < 4.78 is 11.6. The first-order valence-electron chi connectivity index (χ1n) is 10.5. The lowest BCUT2D eigenvalue weighted by Gasteiger charge is -2.10. The van der Waals surface area contributed by atoms with Crippen LogP contribution in [0.1, 0.15) is 26.8 Å². The number of nitrogens with one attached hydrogen (secondary N) is 2. The number of ether oxygens (including phenoxy) is 2. The van der Waals surface area contributed by atoms with Gasteiger partial charge in [0.05, 0.1) is 24.0 Å². The Hall–Kier alpha value is -3.50. The van der Waals surface area contributed by atoms with E-state index in [1.807, 2.05) is 38.1 Å². The number of anilines is 2. The van der Waals surface area contributed by atoms with Crippen LogP contribution in [0, 0.1) is 0 Å². The number of halogens is 1. The van der Waals surface area contributed by atoms with Crippen LogP contribution in [0.2, 0.25) is 0 Å². The summed E-state index contributed by atoms with van der Waals surface area (Å²) in [7, 11) is 0. The SMILES string of the molecule is CCNCCOc1ccc(Oc2ccc3ncnc(Nc4cnn(C(C)C)n4)c3c2)nc1.Cl. The minimum absolute atomic E-state index is 0. The van der Waals surface area contributed by atoms with Gasteiger partial charge in [0.1, 0.15) is 30.3 Å². The Morgan fingerprint density at radius 1 is 1.03 bits per heavy atom. The fourth-order valence-electron chi connectivity index (χ4n) is 2.95. The van der Waals surface area contributed by atoms with Crippen LogP contribution in [0.25, 0.3) is 10.9 Å². The van der Waals surface area contributed by atoms with Crippen LogP contribution >= 0.6 is 12.4 Å². The molecule has 0 saturated carbocycles. The summed E-state index contributed by atoms with van der Waals surface area (Å²) in [5.41, 5.74) is 0.781. The Morgan fingerprint density at radius 2 is 1.88 bits per heavy atom. The van der Waals surface area contributed by atoms with Crippen molar-refractivity contribution in [3.63, 3.8) is 0 Å². The van der Waals surface area contributed by atoms with E-state index in [9.17, 15) is 0 Å². The summed E-state index contributed by atoms with van der Waals surface area (Å²) in [6.07, 6.45) is 4.82. The summed E-state index contributed by atoms with van der Waals surface area (Å²) in [5.74, 6) is 3.01. The maximum Gasteiger partial charge on any atom is 0.219 e. The lowest BCUT2D eigenvalue weighted by Crippen LogP contribution is -2.20. The van der Waals surface area contributed by atoms with Gasteiger partial charge in [-0.15, -0.1) is 17.5 Å². The average Bonchev–Trinajstić information content (AvgIpc) is 3.27. The van der Waals surface area contributed by atoms with Crippen molar-refractivity contribution in [3.05, 3.63) is 49.1 Å². The van der Waals surface area contributed by atoms with Gasteiger partial charge in [-0.2, -0.15) is 9.90 Å². The third kappa shape index (κ3) is 6.27. The Labute approximate surface area is 198 Å². The molecule has 0 amide bonds. The highest BCUT2D eigenvalue weighted by Gasteiger charge is 2.10. The summed E-state index contributed by atoms with van der Waals surface area (Å²) in [6.45, 7) is 8.39. The van der Waals surface area contributed by atoms with E-state index < -0.39 is 0 Å². The van der Waals surface area contributed by atoms with Crippen molar-refractivity contribution in [1.29, 1.82) is 0 Å². The van der Waals surface area contributed by atoms with Crippen molar-refractivity contribution < 1.29 is 9.47 Å². The predicted octanol–water partition coefficient (Wildman–Crippen LogP) is 4.14. The number of hydrogen-bond acceptors (Lipinski definition) is 9. The van der Waals surface area contributed by atoms with Gasteiger partial charge in [-0.05, 0) is 44.7 Å². The minimum atomic E-state index is 0. The van der Waals surface area contributed by atoms with Crippen LogP contribution < -0.4 is 20.1 Å². The van der Waals surface area contributed by atoms with E-state index >= 15 is 0 Å². The van der Waals surface area contributed by atoms with Crippen LogP contribution in [-0.4, -0.2) is 49.6 Å². The molecule has 10 nitrogen and oxygen atoms in total. The molecule has 0 radical (unpaired) electrons. The summed E-state index contributed by atoms with van der Waals surface area (Å²) in [6, 6.07) is 9.37. The largest absolute Gasteiger partial charge is 0.491 e. The van der Waals surface area contributed by atoms with Gasteiger partial charge in [0, 0.05) is 18.0 Å². The molecule has 0 bridgehead atoms. The highest BCUT2D eigenvalue weighted by Crippen LogP contribution is 2.28. The molecule has 0 atom stereocenters. The maximum atomic E-state index is 5.93. The molecular weight excluding hydrogens is 444 g/mol. The number of likely N-dealkylation sites (N-methyl/N-ethyl adjacent to an activating group) is 1. The van der Waals surface area contributed by atoms with E-state index in [0.717, 1.165) is 24.0 Å². The Morgan fingerprint density at radius 3 is 2.61 bits per heavy atom. The Balaban J connectivity index is 0.00000306. The van der Waals surface area contributed by atoms with Crippen LogP contribution in [0.3, 0.4) is 0 Å². The number of benzene rings is 1. The Kier molecular flexibility index (Phi) is 8.34. The van der Waals surface area contributed by atoms with Crippen LogP contribution in [0.5, 0.6) is 17.4 Å². The lowest BCUT2D eigenvalue weighted by molar-refractivity contribution is 0.313. The molecule has 4 aromatic rings. The third-order valence-electron chi connectivity index (χ3n) is 4.55. The van der Waals surface area contributed by atoms with Crippen molar-refractivity contribution in [1.82, 2.24) is 35.3 Å². The smallest absolute Gasteiger partial charge is 0.219 e. The van der Waals surface area contributed by atoms with Crippen molar-refractivity contribution >= 4 is 34.9 Å². The second kappa shape index (κ2) is 11.4. The van der Waals surface area contributed by atoms with Gasteiger partial charge < -0.3 is 20.1 Å². The fourth-order valence-corrected chi connectivity index (χ4v) is 2.95. The van der Waals surface area contributed by atoms with E-state index in [1.54, 1.807) is 23.3 Å². The van der Waals surface area contributed by atoms with Gasteiger partial charge in [-0.3, -0.25) is 0 Å². The zero-order valence-corrected chi connectivity index (χ0v) is 19.5. The van der Waals surface area contributed by atoms with E-state index in [-0.39, 0.29) is 18.4 Å². The van der Waals surface area contributed by atoms with Crippen LogP contribution in [0.15, 0.2) is 49.1 Å². The summed E-state index contributed by atoms with van der Waals surface area (Å²) in [5, 5.41) is 15.9. The zero-order chi connectivity index (χ0) is 22.3. The van der Waals surface area contributed by atoms with E-state index in [0.29, 0.717) is 35.6 Å². The second-order valence-electron chi connectivity index (χ2n) is 7.31. The zero-order valence-electron chi connectivity index (χ0n) is 18.7. The molecule has 0 saturated heterocycles. The summed E-state index contributed by atoms with van der Waals surface area (Å²) >= 11 is 0. The highest BCUT2D eigenvalue weighted by molar-refractivity contribution is 5.91. The molecule has 1 aromatic carbocycles. The van der Waals surface area contributed by atoms with Gasteiger partial charge in [0.2, 0.25) is 5.88 Å². The van der Waals surface area contributed by atoms with Gasteiger partial charge in [0.15, 0.2) is 5.82 Å². The minimum Gasteiger partial charge on any atom is -0.491 e. The van der Waals surface area contributed by atoms with Gasteiger partial charge in [0.25, 0.3) is 0 Å². The topological polar surface area (TPSA) is 112 Å². The first-order valence-corrected chi connectivity index (χ1v) is 10.5. The molecular formula is C22H27ClN8O2. The van der Waals surface area contributed by atoms with Gasteiger partial charge in [-0.1, -0.05) is 6.92 Å². The maximum absolute atomic E-state index is 5.93. The third-order valence-corrected chi connectivity index (χ3v) is 4.55. The number of aromatic nitrogens is 6. The van der Waals surface area contributed by atoms with Crippen molar-refractivity contribution in [2.45, 2.75) is 26.8 Å². The molecule has 3 heterocycles. The molecule has 174 valence electrons. The molecule has 33 heavy (non-hydrogen) atoms. The molecule has 0 fully saturated rings.